The predicted molar refractivity (Wildman–Crippen MR) is 81.3 cm³/mol. The third-order valence-electron chi connectivity index (χ3n) is 3.24. The third kappa shape index (κ3) is 8.35. The van der Waals surface area contributed by atoms with E-state index in [9.17, 15) is 13.2 Å². The molecular formula is C13H28N2O5S. The van der Waals surface area contributed by atoms with Gasteiger partial charge in [0.1, 0.15) is 12.7 Å². The molecule has 7 nitrogen and oxygen atoms in total. The standard InChI is InChI=1S/C13H28N2O5S/c1-10(13(2,3)4)20-11(9-19-12(16)7-14)8-15(5)21(6,17)18/h10-11H,7-9,14H2,1-6H3/t10-,11-/m0/s1. The Morgan fingerprint density at radius 1 is 1.33 bits per heavy atom. The van der Waals surface area contributed by atoms with Crippen LogP contribution in [0.3, 0.4) is 0 Å². The summed E-state index contributed by atoms with van der Waals surface area (Å²) in [4.78, 5) is 11.1. The molecule has 2 N–H and O–H groups in total. The molecule has 0 aromatic rings. The average molecular weight is 324 g/mol. The molecule has 0 heterocycles. The number of hydrogen-bond donors (Lipinski definition) is 1. The highest BCUT2D eigenvalue weighted by atomic mass is 32.2. The van der Waals surface area contributed by atoms with E-state index in [1.54, 1.807) is 0 Å². The van der Waals surface area contributed by atoms with Crippen molar-refractivity contribution >= 4 is 16.0 Å². The topological polar surface area (TPSA) is 98.9 Å². The van der Waals surface area contributed by atoms with Crippen LogP contribution in [0.25, 0.3) is 0 Å². The zero-order valence-electron chi connectivity index (χ0n) is 13.8. The molecule has 0 radical (unpaired) electrons. The molecule has 0 aromatic heterocycles. The average Bonchev–Trinajstić information content (AvgIpc) is 2.32. The van der Waals surface area contributed by atoms with E-state index < -0.39 is 22.1 Å². The monoisotopic (exact) mass is 324 g/mol. The van der Waals surface area contributed by atoms with Gasteiger partial charge in [0.2, 0.25) is 10.0 Å². The van der Waals surface area contributed by atoms with Gasteiger partial charge in [-0.15, -0.1) is 0 Å². The summed E-state index contributed by atoms with van der Waals surface area (Å²) >= 11 is 0. The normalized spacial score (nSPS) is 15.8. The lowest BCUT2D eigenvalue weighted by Crippen LogP contribution is -2.42. The molecule has 0 spiro atoms. The molecular weight excluding hydrogens is 296 g/mol. The fourth-order valence-corrected chi connectivity index (χ4v) is 1.73. The van der Waals surface area contributed by atoms with Gasteiger partial charge in [0.25, 0.3) is 0 Å². The first-order valence-corrected chi connectivity index (χ1v) is 8.65. The van der Waals surface area contributed by atoms with Gasteiger partial charge in [-0.05, 0) is 12.3 Å². The van der Waals surface area contributed by atoms with E-state index in [4.69, 9.17) is 15.2 Å². The number of nitrogens with two attached hydrogens (primary N) is 1. The van der Waals surface area contributed by atoms with Gasteiger partial charge >= 0.3 is 5.97 Å². The number of hydrogen-bond acceptors (Lipinski definition) is 6. The van der Waals surface area contributed by atoms with Crippen molar-refractivity contribution in [3.05, 3.63) is 0 Å². The van der Waals surface area contributed by atoms with Crippen LogP contribution in [0.15, 0.2) is 0 Å². The van der Waals surface area contributed by atoms with Crippen molar-refractivity contribution in [1.29, 1.82) is 0 Å². The maximum Gasteiger partial charge on any atom is 0.319 e. The molecule has 0 bridgehead atoms. The van der Waals surface area contributed by atoms with Crippen LogP contribution in [0, 0.1) is 5.41 Å². The maximum atomic E-state index is 11.5. The van der Waals surface area contributed by atoms with Crippen molar-refractivity contribution in [3.63, 3.8) is 0 Å². The van der Waals surface area contributed by atoms with Crippen molar-refractivity contribution in [3.8, 4) is 0 Å². The number of carbonyl (C=O) groups excluding carboxylic acids is 1. The zero-order chi connectivity index (χ0) is 16.8. The molecule has 0 rings (SSSR count). The van der Waals surface area contributed by atoms with Gasteiger partial charge in [-0.3, -0.25) is 4.79 Å². The summed E-state index contributed by atoms with van der Waals surface area (Å²) in [7, 11) is -1.87. The molecule has 0 aliphatic heterocycles. The second-order valence-corrected chi connectivity index (χ2v) is 8.29. The summed E-state index contributed by atoms with van der Waals surface area (Å²) in [6, 6.07) is 0. The van der Waals surface area contributed by atoms with Gasteiger partial charge in [0.15, 0.2) is 0 Å². The number of esters is 1. The molecule has 0 unspecified atom stereocenters. The molecule has 0 aliphatic rings. The fourth-order valence-electron chi connectivity index (χ4n) is 1.29. The van der Waals surface area contributed by atoms with Crippen molar-refractivity contribution in [2.75, 3.05) is 33.0 Å². The SMILES string of the molecule is C[C@H](O[C@H](COC(=O)CN)CN(C)S(C)(=O)=O)C(C)(C)C. The van der Waals surface area contributed by atoms with Crippen LogP contribution >= 0.6 is 0 Å². The van der Waals surface area contributed by atoms with Gasteiger partial charge in [-0.25, -0.2) is 12.7 Å². The first-order chi connectivity index (χ1) is 9.37. The fraction of sp³-hybridized carbons (Fsp3) is 0.923. The summed E-state index contributed by atoms with van der Waals surface area (Å²) in [6.45, 7) is 7.80. The van der Waals surface area contributed by atoms with Crippen molar-refractivity contribution in [2.24, 2.45) is 11.1 Å². The van der Waals surface area contributed by atoms with Crippen molar-refractivity contribution in [1.82, 2.24) is 4.31 Å². The molecule has 126 valence electrons. The summed E-state index contributed by atoms with van der Waals surface area (Å²) in [6.07, 6.45) is 0.435. The minimum Gasteiger partial charge on any atom is -0.462 e. The number of sulfonamides is 1. The Labute approximate surface area is 127 Å². The minimum atomic E-state index is -3.33. The summed E-state index contributed by atoms with van der Waals surface area (Å²) < 4.78 is 35.0. The van der Waals surface area contributed by atoms with Crippen molar-refractivity contribution < 1.29 is 22.7 Å². The number of rotatable bonds is 8. The van der Waals surface area contributed by atoms with E-state index in [1.807, 2.05) is 27.7 Å². The highest BCUT2D eigenvalue weighted by Crippen LogP contribution is 2.23. The Hall–Kier alpha value is -0.700. The van der Waals surface area contributed by atoms with E-state index in [0.29, 0.717) is 0 Å². The van der Waals surface area contributed by atoms with Gasteiger partial charge in [-0.2, -0.15) is 0 Å². The molecule has 8 heteroatoms. The molecule has 0 saturated heterocycles. The zero-order valence-corrected chi connectivity index (χ0v) is 14.6. The number of carbonyl (C=O) groups is 1. The Kier molecular flexibility index (Phi) is 7.80. The Bertz CT molecular complexity index is 430. The highest BCUT2D eigenvalue weighted by Gasteiger charge is 2.27. The molecule has 0 saturated carbocycles. The first-order valence-electron chi connectivity index (χ1n) is 6.80. The molecule has 0 aliphatic carbocycles. The smallest absolute Gasteiger partial charge is 0.319 e. The highest BCUT2D eigenvalue weighted by molar-refractivity contribution is 7.88. The predicted octanol–water partition coefficient (Wildman–Crippen LogP) is 0.200. The van der Waals surface area contributed by atoms with Gasteiger partial charge in [-0.1, -0.05) is 20.8 Å². The Balaban J connectivity index is 4.80. The van der Waals surface area contributed by atoms with Crippen LogP contribution in [0.1, 0.15) is 27.7 Å². The van der Waals surface area contributed by atoms with Crippen LogP contribution in [0.2, 0.25) is 0 Å². The lowest BCUT2D eigenvalue weighted by Gasteiger charge is -2.32. The lowest BCUT2D eigenvalue weighted by atomic mass is 9.90. The van der Waals surface area contributed by atoms with Gasteiger partial charge < -0.3 is 15.2 Å². The second kappa shape index (κ2) is 8.07. The largest absolute Gasteiger partial charge is 0.462 e. The number of nitrogens with zero attached hydrogens (tertiary/aromatic N) is 1. The Morgan fingerprint density at radius 2 is 1.86 bits per heavy atom. The van der Waals surface area contributed by atoms with Crippen LogP contribution in [-0.2, 0) is 24.3 Å². The van der Waals surface area contributed by atoms with E-state index in [0.717, 1.165) is 6.26 Å². The quantitative estimate of drug-likeness (QED) is 0.640. The first kappa shape index (κ1) is 20.3. The summed E-state index contributed by atoms with van der Waals surface area (Å²) in [5, 5.41) is 0. The van der Waals surface area contributed by atoms with Gasteiger partial charge in [0, 0.05) is 13.6 Å². The minimum absolute atomic E-state index is 0.0314. The van der Waals surface area contributed by atoms with Crippen molar-refractivity contribution in [2.45, 2.75) is 39.9 Å². The van der Waals surface area contributed by atoms with Crippen LogP contribution in [-0.4, -0.2) is 63.9 Å². The number of likely N-dealkylation sites (N-methyl/N-ethyl adjacent to an activating group) is 1. The van der Waals surface area contributed by atoms with Crippen LogP contribution < -0.4 is 5.73 Å². The van der Waals surface area contributed by atoms with E-state index in [2.05, 4.69) is 0 Å². The van der Waals surface area contributed by atoms with E-state index in [-0.39, 0.29) is 31.2 Å². The maximum absolute atomic E-state index is 11.5. The second-order valence-electron chi connectivity index (χ2n) is 6.20. The molecule has 0 amide bonds. The summed E-state index contributed by atoms with van der Waals surface area (Å²) in [5.74, 6) is -0.547. The van der Waals surface area contributed by atoms with E-state index >= 15 is 0 Å². The summed E-state index contributed by atoms with van der Waals surface area (Å²) in [5.41, 5.74) is 5.07. The lowest BCUT2D eigenvalue weighted by molar-refractivity contribution is -0.150. The van der Waals surface area contributed by atoms with Gasteiger partial charge in [0.05, 0.1) is 18.9 Å². The van der Waals surface area contributed by atoms with Crippen LogP contribution in [0.4, 0.5) is 0 Å². The molecule has 2 atom stereocenters. The third-order valence-corrected chi connectivity index (χ3v) is 4.52. The van der Waals surface area contributed by atoms with Crippen LogP contribution in [0.5, 0.6) is 0 Å². The molecule has 0 fully saturated rings. The van der Waals surface area contributed by atoms with E-state index in [1.165, 1.54) is 11.4 Å². The Morgan fingerprint density at radius 3 is 2.24 bits per heavy atom. The number of ether oxygens (including phenoxy) is 2. The molecule has 0 aromatic carbocycles. The molecule has 21 heavy (non-hydrogen) atoms.